The zero-order chi connectivity index (χ0) is 11.5. The first-order valence-corrected chi connectivity index (χ1v) is 5.12. The predicted molar refractivity (Wildman–Crippen MR) is 60.5 cm³/mol. The highest BCUT2D eigenvalue weighted by Gasteiger charge is 2.16. The summed E-state index contributed by atoms with van der Waals surface area (Å²) in [4.78, 5) is 4.27. The number of imidazole rings is 1. The van der Waals surface area contributed by atoms with Crippen molar-refractivity contribution in [3.05, 3.63) is 53.9 Å². The molecule has 0 fully saturated rings. The second-order valence-corrected chi connectivity index (χ2v) is 3.67. The van der Waals surface area contributed by atoms with Gasteiger partial charge in [-0.1, -0.05) is 12.1 Å². The van der Waals surface area contributed by atoms with Crippen molar-refractivity contribution in [3.63, 3.8) is 0 Å². The van der Waals surface area contributed by atoms with Gasteiger partial charge in [-0.3, -0.25) is 0 Å². The van der Waals surface area contributed by atoms with E-state index in [0.29, 0.717) is 0 Å². The molecule has 4 heteroatoms. The van der Waals surface area contributed by atoms with Gasteiger partial charge in [-0.2, -0.15) is 0 Å². The number of nitrogens with zero attached hydrogens (tertiary/aromatic N) is 2. The van der Waals surface area contributed by atoms with Crippen molar-refractivity contribution in [1.82, 2.24) is 14.9 Å². The van der Waals surface area contributed by atoms with Gasteiger partial charge in [-0.15, -0.1) is 0 Å². The lowest BCUT2D eigenvalue weighted by Crippen LogP contribution is -2.21. The van der Waals surface area contributed by atoms with Crippen molar-refractivity contribution in [1.29, 1.82) is 0 Å². The molecule has 84 valence electrons. The summed E-state index contributed by atoms with van der Waals surface area (Å²) in [6.07, 6.45) is 3.61. The average Bonchev–Trinajstić information content (AvgIpc) is 2.67. The molecular weight excluding hydrogens is 205 g/mol. The first kappa shape index (κ1) is 10.8. The second-order valence-electron chi connectivity index (χ2n) is 3.67. The lowest BCUT2D eigenvalue weighted by Gasteiger charge is -2.16. The molecule has 0 radical (unpaired) electrons. The van der Waals surface area contributed by atoms with E-state index in [1.165, 1.54) is 12.1 Å². The van der Waals surface area contributed by atoms with Crippen molar-refractivity contribution in [2.45, 2.75) is 6.04 Å². The first-order valence-electron chi connectivity index (χ1n) is 5.12. The number of hydrogen-bond donors (Lipinski definition) is 1. The molecule has 1 heterocycles. The fraction of sp³-hybridized carbons (Fsp3) is 0.250. The Morgan fingerprint density at radius 2 is 2.25 bits per heavy atom. The summed E-state index contributed by atoms with van der Waals surface area (Å²) in [5.41, 5.74) is 0.872. The van der Waals surface area contributed by atoms with Crippen LogP contribution in [0.4, 0.5) is 4.39 Å². The zero-order valence-electron chi connectivity index (χ0n) is 9.31. The molecule has 2 rings (SSSR count). The van der Waals surface area contributed by atoms with Gasteiger partial charge in [0.1, 0.15) is 11.6 Å². The van der Waals surface area contributed by atoms with Crippen molar-refractivity contribution in [3.8, 4) is 0 Å². The first-order chi connectivity index (χ1) is 7.72. The molecule has 1 aromatic heterocycles. The highest BCUT2D eigenvalue weighted by Crippen LogP contribution is 2.20. The van der Waals surface area contributed by atoms with Crippen LogP contribution in [0.1, 0.15) is 17.4 Å². The molecular formula is C12H14FN3. The Morgan fingerprint density at radius 3 is 2.81 bits per heavy atom. The van der Waals surface area contributed by atoms with E-state index in [1.807, 2.05) is 30.9 Å². The van der Waals surface area contributed by atoms with Crippen molar-refractivity contribution in [2.24, 2.45) is 7.05 Å². The topological polar surface area (TPSA) is 29.9 Å². The smallest absolute Gasteiger partial charge is 0.130 e. The van der Waals surface area contributed by atoms with Gasteiger partial charge >= 0.3 is 0 Å². The van der Waals surface area contributed by atoms with Crippen molar-refractivity contribution in [2.75, 3.05) is 7.05 Å². The third-order valence-electron chi connectivity index (χ3n) is 2.59. The summed E-state index contributed by atoms with van der Waals surface area (Å²) in [6, 6.07) is 6.47. The zero-order valence-corrected chi connectivity index (χ0v) is 9.31. The Kier molecular flexibility index (Phi) is 3.01. The molecule has 3 nitrogen and oxygen atoms in total. The Balaban J connectivity index is 2.40. The van der Waals surface area contributed by atoms with Crippen LogP contribution in [0.2, 0.25) is 0 Å². The summed E-state index contributed by atoms with van der Waals surface area (Å²) in [5.74, 6) is 0.639. The maximum Gasteiger partial charge on any atom is 0.130 e. The summed E-state index contributed by atoms with van der Waals surface area (Å²) in [7, 11) is 3.76. The highest BCUT2D eigenvalue weighted by atomic mass is 19.1. The summed E-state index contributed by atoms with van der Waals surface area (Å²) >= 11 is 0. The van der Waals surface area contributed by atoms with Crippen LogP contribution < -0.4 is 5.32 Å². The van der Waals surface area contributed by atoms with E-state index in [4.69, 9.17) is 0 Å². The molecule has 0 spiro atoms. The molecule has 1 aromatic carbocycles. The second kappa shape index (κ2) is 4.45. The van der Waals surface area contributed by atoms with Gasteiger partial charge in [-0.05, 0) is 24.7 Å². The molecule has 2 aromatic rings. The SMILES string of the molecule is CNC(c1cccc(F)c1)c1nccn1C. The van der Waals surface area contributed by atoms with Crippen LogP contribution in [-0.4, -0.2) is 16.6 Å². The molecule has 0 bridgehead atoms. The Labute approximate surface area is 93.9 Å². The molecule has 0 aliphatic heterocycles. The lowest BCUT2D eigenvalue weighted by molar-refractivity contribution is 0.596. The number of halogens is 1. The van der Waals surface area contributed by atoms with E-state index in [-0.39, 0.29) is 11.9 Å². The van der Waals surface area contributed by atoms with E-state index in [9.17, 15) is 4.39 Å². The third-order valence-corrected chi connectivity index (χ3v) is 2.59. The Bertz CT molecular complexity index is 479. The molecule has 1 atom stereocenters. The number of aryl methyl sites for hydroxylation is 1. The monoisotopic (exact) mass is 219 g/mol. The summed E-state index contributed by atoms with van der Waals surface area (Å²) in [6.45, 7) is 0. The van der Waals surface area contributed by atoms with Crippen molar-refractivity contribution < 1.29 is 4.39 Å². The van der Waals surface area contributed by atoms with Crippen LogP contribution in [0, 0.1) is 5.82 Å². The van der Waals surface area contributed by atoms with Gasteiger partial charge in [0.2, 0.25) is 0 Å². The van der Waals surface area contributed by atoms with Crippen LogP contribution in [0.5, 0.6) is 0 Å². The van der Waals surface area contributed by atoms with Gasteiger partial charge < -0.3 is 9.88 Å². The van der Waals surface area contributed by atoms with Gasteiger partial charge in [0.15, 0.2) is 0 Å². The van der Waals surface area contributed by atoms with Gasteiger partial charge in [0.25, 0.3) is 0 Å². The molecule has 0 aliphatic carbocycles. The van der Waals surface area contributed by atoms with Crippen LogP contribution in [0.15, 0.2) is 36.7 Å². The number of nitrogens with one attached hydrogen (secondary N) is 1. The standard InChI is InChI=1S/C12H14FN3/c1-14-11(12-15-6-7-16(12)2)9-4-3-5-10(13)8-9/h3-8,11,14H,1-2H3. The van der Waals surface area contributed by atoms with E-state index in [2.05, 4.69) is 10.3 Å². The predicted octanol–water partition coefficient (Wildman–Crippen LogP) is 1.87. The quantitative estimate of drug-likeness (QED) is 0.854. The molecule has 0 aliphatic rings. The number of hydrogen-bond acceptors (Lipinski definition) is 2. The third kappa shape index (κ3) is 1.97. The summed E-state index contributed by atoms with van der Waals surface area (Å²) < 4.78 is 15.1. The number of aromatic nitrogens is 2. The molecule has 16 heavy (non-hydrogen) atoms. The normalized spacial score (nSPS) is 12.7. The van der Waals surface area contributed by atoms with Crippen molar-refractivity contribution >= 4 is 0 Å². The molecule has 0 amide bonds. The Hall–Kier alpha value is -1.68. The van der Waals surface area contributed by atoms with E-state index in [1.54, 1.807) is 12.3 Å². The molecule has 1 unspecified atom stereocenters. The van der Waals surface area contributed by atoms with Gasteiger partial charge in [0, 0.05) is 19.4 Å². The molecule has 0 saturated carbocycles. The maximum absolute atomic E-state index is 13.2. The minimum absolute atomic E-state index is 0.0873. The Morgan fingerprint density at radius 1 is 1.44 bits per heavy atom. The molecule has 0 saturated heterocycles. The number of rotatable bonds is 3. The average molecular weight is 219 g/mol. The highest BCUT2D eigenvalue weighted by molar-refractivity contribution is 5.25. The van der Waals surface area contributed by atoms with Gasteiger partial charge in [-0.25, -0.2) is 9.37 Å². The maximum atomic E-state index is 13.2. The van der Waals surface area contributed by atoms with E-state index >= 15 is 0 Å². The largest absolute Gasteiger partial charge is 0.336 e. The molecule has 1 N–H and O–H groups in total. The summed E-state index contributed by atoms with van der Waals surface area (Å²) in [5, 5.41) is 3.14. The van der Waals surface area contributed by atoms with Crippen LogP contribution in [0.25, 0.3) is 0 Å². The van der Waals surface area contributed by atoms with E-state index < -0.39 is 0 Å². The fourth-order valence-electron chi connectivity index (χ4n) is 1.79. The van der Waals surface area contributed by atoms with Crippen LogP contribution in [-0.2, 0) is 7.05 Å². The minimum atomic E-state index is -0.230. The van der Waals surface area contributed by atoms with E-state index in [0.717, 1.165) is 11.4 Å². The van der Waals surface area contributed by atoms with Gasteiger partial charge in [0.05, 0.1) is 6.04 Å². The fourth-order valence-corrected chi connectivity index (χ4v) is 1.79. The lowest BCUT2D eigenvalue weighted by atomic mass is 10.1. The number of benzene rings is 1. The van der Waals surface area contributed by atoms with Crippen LogP contribution >= 0.6 is 0 Å². The van der Waals surface area contributed by atoms with Crippen LogP contribution in [0.3, 0.4) is 0 Å². The minimum Gasteiger partial charge on any atom is -0.336 e.